The molecule has 0 spiro atoms. The minimum atomic E-state index is -0.00143. The van der Waals surface area contributed by atoms with Crippen LogP contribution in [0, 0.1) is 0 Å². The lowest BCUT2D eigenvalue weighted by Gasteiger charge is -2.18. The molecule has 0 saturated heterocycles. The average Bonchev–Trinajstić information content (AvgIpc) is 2.78. The van der Waals surface area contributed by atoms with E-state index in [1.165, 1.54) is 0 Å². The molecular weight excluding hydrogens is 334 g/mol. The predicted molar refractivity (Wildman–Crippen MR) is 84.0 cm³/mol. The van der Waals surface area contributed by atoms with Crippen molar-refractivity contribution in [2.45, 2.75) is 19.4 Å². The fraction of sp³-hybridized carbons (Fsp3) is 0.375. The number of hydrogen-bond donors (Lipinski definition) is 1. The van der Waals surface area contributed by atoms with Gasteiger partial charge in [-0.15, -0.1) is 0 Å². The first kappa shape index (κ1) is 14.5. The molecular formula is C16H18BrNO3. The van der Waals surface area contributed by atoms with Gasteiger partial charge in [0.15, 0.2) is 16.2 Å². The first-order valence-electron chi connectivity index (χ1n) is 7.16. The van der Waals surface area contributed by atoms with E-state index in [4.69, 9.17) is 13.9 Å². The highest BCUT2D eigenvalue weighted by atomic mass is 79.9. The molecule has 2 aromatic rings. The third-order valence-electron chi connectivity index (χ3n) is 3.39. The van der Waals surface area contributed by atoms with Gasteiger partial charge in [0.2, 0.25) is 0 Å². The zero-order valence-electron chi connectivity index (χ0n) is 11.9. The molecule has 0 radical (unpaired) electrons. The molecule has 1 aliphatic heterocycles. The van der Waals surface area contributed by atoms with E-state index in [9.17, 15) is 0 Å². The van der Waals surface area contributed by atoms with Crippen LogP contribution < -0.4 is 14.8 Å². The van der Waals surface area contributed by atoms with Crippen molar-refractivity contribution in [1.82, 2.24) is 5.32 Å². The number of ether oxygens (including phenoxy) is 2. The SMILES string of the molecule is CCNC(c1ccc2c(c1)OCCCO2)c1ccc(Br)o1. The lowest BCUT2D eigenvalue weighted by Crippen LogP contribution is -2.21. The number of fused-ring (bicyclic) bond motifs is 1. The molecule has 1 aromatic carbocycles. The van der Waals surface area contributed by atoms with E-state index in [1.54, 1.807) is 0 Å². The molecule has 0 bridgehead atoms. The number of furan rings is 1. The molecule has 112 valence electrons. The van der Waals surface area contributed by atoms with Crippen molar-refractivity contribution >= 4 is 15.9 Å². The molecule has 1 atom stereocenters. The summed E-state index contributed by atoms with van der Waals surface area (Å²) < 4.78 is 17.9. The summed E-state index contributed by atoms with van der Waals surface area (Å²) in [5, 5.41) is 3.44. The first-order valence-corrected chi connectivity index (χ1v) is 7.95. The van der Waals surface area contributed by atoms with E-state index >= 15 is 0 Å². The van der Waals surface area contributed by atoms with E-state index in [1.807, 2.05) is 24.3 Å². The fourth-order valence-corrected chi connectivity index (χ4v) is 2.75. The number of hydrogen-bond acceptors (Lipinski definition) is 4. The van der Waals surface area contributed by atoms with Crippen molar-refractivity contribution < 1.29 is 13.9 Å². The molecule has 0 fully saturated rings. The highest BCUT2D eigenvalue weighted by Gasteiger charge is 2.19. The van der Waals surface area contributed by atoms with Crippen molar-refractivity contribution in [3.63, 3.8) is 0 Å². The van der Waals surface area contributed by atoms with E-state index in [2.05, 4.69) is 34.2 Å². The van der Waals surface area contributed by atoms with Crippen LogP contribution in [0.5, 0.6) is 11.5 Å². The molecule has 5 heteroatoms. The van der Waals surface area contributed by atoms with Crippen molar-refractivity contribution in [1.29, 1.82) is 0 Å². The van der Waals surface area contributed by atoms with Crippen LogP contribution in [0.15, 0.2) is 39.4 Å². The van der Waals surface area contributed by atoms with Gasteiger partial charge in [0.1, 0.15) is 5.76 Å². The Hall–Kier alpha value is -1.46. The molecule has 0 aliphatic carbocycles. The van der Waals surface area contributed by atoms with Crippen molar-refractivity contribution in [3.8, 4) is 11.5 Å². The summed E-state index contributed by atoms with van der Waals surface area (Å²) in [5.41, 5.74) is 1.10. The minimum Gasteiger partial charge on any atom is -0.490 e. The van der Waals surface area contributed by atoms with Gasteiger partial charge in [-0.25, -0.2) is 0 Å². The predicted octanol–water partition coefficient (Wildman–Crippen LogP) is 3.90. The first-order chi connectivity index (χ1) is 10.3. The fourth-order valence-electron chi connectivity index (χ4n) is 2.43. The maximum Gasteiger partial charge on any atom is 0.169 e. The zero-order chi connectivity index (χ0) is 14.7. The molecule has 3 rings (SSSR count). The second-order valence-corrected chi connectivity index (χ2v) is 5.67. The lowest BCUT2D eigenvalue weighted by atomic mass is 10.0. The maximum absolute atomic E-state index is 5.77. The summed E-state index contributed by atoms with van der Waals surface area (Å²) in [5.74, 6) is 2.49. The van der Waals surface area contributed by atoms with Gasteiger partial charge >= 0.3 is 0 Å². The molecule has 1 aromatic heterocycles. The molecule has 0 amide bonds. The third-order valence-corrected chi connectivity index (χ3v) is 3.82. The standard InChI is InChI=1S/C16H18BrNO3/c1-2-18-16(13-6-7-15(17)21-13)11-4-5-12-14(10-11)20-9-3-8-19-12/h4-7,10,16,18H,2-3,8-9H2,1H3. The normalized spacial score (nSPS) is 15.5. The van der Waals surface area contributed by atoms with Crippen LogP contribution in [0.1, 0.15) is 30.7 Å². The second-order valence-electron chi connectivity index (χ2n) is 4.89. The van der Waals surface area contributed by atoms with Crippen molar-refractivity contribution in [2.75, 3.05) is 19.8 Å². The zero-order valence-corrected chi connectivity index (χ0v) is 13.5. The van der Waals surface area contributed by atoms with Crippen LogP contribution in [-0.4, -0.2) is 19.8 Å². The van der Waals surface area contributed by atoms with Crippen LogP contribution in [0.25, 0.3) is 0 Å². The number of benzene rings is 1. The highest BCUT2D eigenvalue weighted by Crippen LogP contribution is 2.34. The molecule has 0 saturated carbocycles. The van der Waals surface area contributed by atoms with Gasteiger partial charge < -0.3 is 19.2 Å². The van der Waals surface area contributed by atoms with Crippen molar-refractivity contribution in [3.05, 3.63) is 46.3 Å². The smallest absolute Gasteiger partial charge is 0.169 e. The number of nitrogens with one attached hydrogen (secondary N) is 1. The Morgan fingerprint density at radius 3 is 2.67 bits per heavy atom. The molecule has 4 nitrogen and oxygen atoms in total. The molecule has 1 aliphatic rings. The minimum absolute atomic E-state index is 0.00143. The molecule has 1 N–H and O–H groups in total. The summed E-state index contributed by atoms with van der Waals surface area (Å²) in [7, 11) is 0. The monoisotopic (exact) mass is 351 g/mol. The average molecular weight is 352 g/mol. The van der Waals surface area contributed by atoms with Crippen LogP contribution in [-0.2, 0) is 0 Å². The van der Waals surface area contributed by atoms with E-state index in [0.29, 0.717) is 13.2 Å². The van der Waals surface area contributed by atoms with Gasteiger partial charge in [-0.3, -0.25) is 0 Å². The Bertz CT molecular complexity index is 611. The van der Waals surface area contributed by atoms with Gasteiger partial charge in [0.25, 0.3) is 0 Å². The Morgan fingerprint density at radius 2 is 1.95 bits per heavy atom. The van der Waals surface area contributed by atoms with E-state index < -0.39 is 0 Å². The highest BCUT2D eigenvalue weighted by molar-refractivity contribution is 9.10. The topological polar surface area (TPSA) is 43.6 Å². The summed E-state index contributed by atoms with van der Waals surface area (Å²) in [4.78, 5) is 0. The van der Waals surface area contributed by atoms with Crippen LogP contribution >= 0.6 is 15.9 Å². The Kier molecular flexibility index (Phi) is 4.51. The van der Waals surface area contributed by atoms with Crippen LogP contribution in [0.2, 0.25) is 0 Å². The van der Waals surface area contributed by atoms with E-state index in [-0.39, 0.29) is 6.04 Å². The van der Waals surface area contributed by atoms with Gasteiger partial charge in [-0.05, 0) is 52.3 Å². The molecule has 21 heavy (non-hydrogen) atoms. The Morgan fingerprint density at radius 1 is 1.14 bits per heavy atom. The van der Waals surface area contributed by atoms with Gasteiger partial charge in [-0.2, -0.15) is 0 Å². The Balaban J connectivity index is 1.94. The maximum atomic E-state index is 5.77. The van der Waals surface area contributed by atoms with Gasteiger partial charge in [0, 0.05) is 6.42 Å². The summed E-state index contributed by atoms with van der Waals surface area (Å²) in [6.45, 7) is 4.31. The van der Waals surface area contributed by atoms with Gasteiger partial charge in [-0.1, -0.05) is 13.0 Å². The number of rotatable bonds is 4. The summed E-state index contributed by atoms with van der Waals surface area (Å²) in [6.07, 6.45) is 0.909. The van der Waals surface area contributed by atoms with Crippen LogP contribution in [0.3, 0.4) is 0 Å². The summed E-state index contributed by atoms with van der Waals surface area (Å²) >= 11 is 3.36. The van der Waals surface area contributed by atoms with Crippen LogP contribution in [0.4, 0.5) is 0 Å². The van der Waals surface area contributed by atoms with E-state index in [0.717, 1.165) is 40.5 Å². The van der Waals surface area contributed by atoms with Crippen molar-refractivity contribution in [2.24, 2.45) is 0 Å². The summed E-state index contributed by atoms with van der Waals surface area (Å²) in [6, 6.07) is 9.93. The third kappa shape index (κ3) is 3.24. The quantitative estimate of drug-likeness (QED) is 0.906. The number of halogens is 1. The molecule has 1 unspecified atom stereocenters. The Labute approximate surface area is 132 Å². The molecule has 2 heterocycles. The largest absolute Gasteiger partial charge is 0.490 e. The second kappa shape index (κ2) is 6.54. The van der Waals surface area contributed by atoms with Gasteiger partial charge in [0.05, 0.1) is 19.3 Å². The lowest BCUT2D eigenvalue weighted by molar-refractivity contribution is 0.297.